The maximum absolute atomic E-state index is 16.2. The van der Waals surface area contributed by atoms with Crippen LogP contribution in [0.4, 0.5) is 10.1 Å². The van der Waals surface area contributed by atoms with Gasteiger partial charge in [-0.15, -0.1) is 0 Å². The molecule has 0 amide bonds. The maximum atomic E-state index is 16.2. The van der Waals surface area contributed by atoms with Gasteiger partial charge >= 0.3 is 0 Å². The molecule has 0 unspecified atom stereocenters. The van der Waals surface area contributed by atoms with Gasteiger partial charge in [0.05, 0.1) is 37.6 Å². The van der Waals surface area contributed by atoms with Crippen molar-refractivity contribution in [1.29, 1.82) is 0 Å². The van der Waals surface area contributed by atoms with Gasteiger partial charge in [-0.2, -0.15) is 0 Å². The van der Waals surface area contributed by atoms with Crippen LogP contribution in [0.1, 0.15) is 36.0 Å². The highest BCUT2D eigenvalue weighted by molar-refractivity contribution is 5.99. The van der Waals surface area contributed by atoms with Crippen molar-refractivity contribution in [2.75, 3.05) is 84.1 Å². The topological polar surface area (TPSA) is 67.1 Å². The minimum atomic E-state index is -0.349. The van der Waals surface area contributed by atoms with E-state index in [0.29, 0.717) is 28.8 Å². The molecule has 9 heteroatoms. The Morgan fingerprint density at radius 3 is 2.37 bits per heavy atom. The number of aromatic nitrogens is 1. The highest BCUT2D eigenvalue weighted by Gasteiger charge is 2.26. The second-order valence-electron chi connectivity index (χ2n) is 13.5. The van der Waals surface area contributed by atoms with E-state index in [4.69, 9.17) is 13.9 Å². The Kier molecular flexibility index (Phi) is 9.16. The van der Waals surface area contributed by atoms with E-state index >= 15 is 4.39 Å². The van der Waals surface area contributed by atoms with Crippen molar-refractivity contribution < 1.29 is 18.3 Å². The number of nitrogens with one attached hydrogen (secondary N) is 2. The fourth-order valence-corrected chi connectivity index (χ4v) is 7.70. The molecule has 2 N–H and O–H groups in total. The number of morpholine rings is 2. The number of pyridine rings is 1. The van der Waals surface area contributed by atoms with Crippen molar-refractivity contribution in [1.82, 2.24) is 19.7 Å². The van der Waals surface area contributed by atoms with E-state index in [9.17, 15) is 0 Å². The van der Waals surface area contributed by atoms with E-state index in [2.05, 4.69) is 80.8 Å². The number of hydrogen-bond donors (Lipinski definition) is 2. The summed E-state index contributed by atoms with van der Waals surface area (Å²) in [7, 11) is 0. The highest BCUT2D eigenvalue weighted by atomic mass is 19.1. The zero-order chi connectivity index (χ0) is 33.3. The van der Waals surface area contributed by atoms with Gasteiger partial charge in [-0.1, -0.05) is 37.5 Å². The molecule has 49 heavy (non-hydrogen) atoms. The van der Waals surface area contributed by atoms with Gasteiger partial charge in [-0.25, -0.2) is 4.39 Å². The van der Waals surface area contributed by atoms with Crippen molar-refractivity contribution in [2.45, 2.75) is 25.7 Å². The van der Waals surface area contributed by atoms with E-state index < -0.39 is 0 Å². The number of anilines is 1. The Bertz CT molecular complexity index is 2010. The summed E-state index contributed by atoms with van der Waals surface area (Å²) in [5.74, 6) is -0.349. The molecule has 0 spiro atoms. The summed E-state index contributed by atoms with van der Waals surface area (Å²) in [6, 6.07) is 5.99. The minimum absolute atomic E-state index is 0.349. The van der Waals surface area contributed by atoms with Crippen LogP contribution in [0, 0.1) is 5.82 Å². The number of fused-ring (bicyclic) bond motifs is 4. The van der Waals surface area contributed by atoms with Gasteiger partial charge in [0.15, 0.2) is 17.0 Å². The third kappa shape index (κ3) is 6.36. The van der Waals surface area contributed by atoms with Crippen molar-refractivity contribution >= 4 is 45.6 Å². The number of allylic oxidation sites excluding steroid dienone is 6. The van der Waals surface area contributed by atoms with E-state index in [1.165, 1.54) is 22.3 Å². The third-order valence-electron chi connectivity index (χ3n) is 10.4. The molecule has 8 nitrogen and oxygen atoms in total. The average Bonchev–Trinajstić information content (AvgIpc) is 3.28. The lowest BCUT2D eigenvalue weighted by molar-refractivity contribution is 0.0375. The largest absolute Gasteiger partial charge is 0.451 e. The van der Waals surface area contributed by atoms with Gasteiger partial charge in [0.25, 0.3) is 0 Å². The van der Waals surface area contributed by atoms with E-state index in [1.54, 1.807) is 6.07 Å². The first-order valence-electron chi connectivity index (χ1n) is 17.8. The van der Waals surface area contributed by atoms with Crippen molar-refractivity contribution in [2.24, 2.45) is 0 Å². The molecule has 2 aliphatic carbocycles. The predicted molar refractivity (Wildman–Crippen MR) is 197 cm³/mol. The molecule has 0 radical (unpaired) electrons. The Labute approximate surface area is 287 Å². The Hall–Kier alpha value is -4.15. The zero-order valence-corrected chi connectivity index (χ0v) is 28.3. The summed E-state index contributed by atoms with van der Waals surface area (Å²) >= 11 is 0. The van der Waals surface area contributed by atoms with E-state index in [-0.39, 0.29) is 5.82 Å². The number of hydrogen-bond acceptors (Lipinski definition) is 7. The summed E-state index contributed by atoms with van der Waals surface area (Å²) in [4.78, 5) is 4.83. The quantitative estimate of drug-likeness (QED) is 0.118. The van der Waals surface area contributed by atoms with Crippen LogP contribution in [0.3, 0.4) is 0 Å². The summed E-state index contributed by atoms with van der Waals surface area (Å²) in [6.07, 6.45) is 14.7. The second kappa shape index (κ2) is 14.0. The number of nitrogens with zero attached hydrogens (tertiary/aromatic N) is 3. The Morgan fingerprint density at radius 2 is 1.61 bits per heavy atom. The minimum Gasteiger partial charge on any atom is -0.451 e. The first-order valence-corrected chi connectivity index (χ1v) is 17.8. The van der Waals surface area contributed by atoms with Crippen LogP contribution >= 0.6 is 0 Å². The number of ether oxygens (including phenoxy) is 2. The van der Waals surface area contributed by atoms with Gasteiger partial charge in [-0.05, 0) is 84.5 Å². The Balaban J connectivity index is 1.17. The fraction of sp³-hybridized carbons (Fsp3) is 0.400. The molecule has 2 aromatic carbocycles. The summed E-state index contributed by atoms with van der Waals surface area (Å²) < 4.78 is 36.1. The van der Waals surface area contributed by atoms with E-state index in [0.717, 1.165) is 126 Å². The lowest BCUT2D eigenvalue weighted by Gasteiger charge is -2.27. The predicted octanol–water partition coefficient (Wildman–Crippen LogP) is 5.89. The van der Waals surface area contributed by atoms with Crippen LogP contribution in [-0.2, 0) is 15.9 Å². The molecule has 0 bridgehead atoms. The molecule has 8 rings (SSSR count). The molecule has 0 atom stereocenters. The molecule has 6 aliphatic rings. The van der Waals surface area contributed by atoms with Crippen LogP contribution in [0.2, 0.25) is 0 Å². The number of halogens is 1. The smallest absolute Gasteiger partial charge is 0.178 e. The maximum Gasteiger partial charge on any atom is 0.178 e. The monoisotopic (exact) mass is 663 g/mol. The van der Waals surface area contributed by atoms with Crippen molar-refractivity contribution in [3.63, 3.8) is 0 Å². The lowest BCUT2D eigenvalue weighted by Crippen LogP contribution is -2.37. The molecule has 4 heterocycles. The van der Waals surface area contributed by atoms with Gasteiger partial charge in [0, 0.05) is 62.1 Å². The van der Waals surface area contributed by atoms with Crippen LogP contribution in [-0.4, -0.2) is 93.2 Å². The standard InChI is InChI=1S/C40H46FN5O3/c1-27-32-24-35(41)38(43-11-7-13-45-16-20-48-21-17-45)40-39(32)46(26-34(27)28(2)42-10-6-12-44-14-18-47-19-15-44)36-23-30-22-29-8-4-3-5-9-31(29)33(30)25-37(36)49-40/h4-5,8-9,23-26,42-43H,1-3,6-7,10-22H2. The molecule has 2 saturated heterocycles. The van der Waals surface area contributed by atoms with Crippen LogP contribution in [0.15, 0.2) is 65.3 Å². The summed E-state index contributed by atoms with van der Waals surface area (Å²) in [5, 5.41) is 8.40. The normalized spacial score (nSPS) is 18.4. The van der Waals surface area contributed by atoms with Crippen LogP contribution < -0.4 is 15.9 Å². The SMILES string of the molecule is C=C(NCCCN1CCOCC1)c1cn2c3cc4c(cc3oc3c(NCCCN5CCOCC5)c(F)cc(c3-2)c1=C)C1=C(C=CCC=C1)C4. The molecular weight excluding hydrogens is 617 g/mol. The summed E-state index contributed by atoms with van der Waals surface area (Å²) in [6.45, 7) is 19.2. The van der Waals surface area contributed by atoms with Gasteiger partial charge in [0.2, 0.25) is 0 Å². The van der Waals surface area contributed by atoms with Crippen LogP contribution in [0.25, 0.3) is 45.6 Å². The van der Waals surface area contributed by atoms with Crippen molar-refractivity contribution in [3.05, 3.63) is 88.6 Å². The first-order chi connectivity index (χ1) is 24.0. The van der Waals surface area contributed by atoms with Crippen molar-refractivity contribution in [3.8, 4) is 5.69 Å². The van der Waals surface area contributed by atoms with Gasteiger partial charge < -0.3 is 29.1 Å². The van der Waals surface area contributed by atoms with Crippen LogP contribution in [0.5, 0.6) is 0 Å². The molecule has 4 aliphatic heterocycles. The van der Waals surface area contributed by atoms with Gasteiger partial charge in [0.1, 0.15) is 5.69 Å². The summed E-state index contributed by atoms with van der Waals surface area (Å²) in [5.41, 5.74) is 9.98. The molecule has 0 saturated carbocycles. The van der Waals surface area contributed by atoms with Gasteiger partial charge in [-0.3, -0.25) is 9.80 Å². The molecule has 256 valence electrons. The number of benzene rings is 2. The first kappa shape index (κ1) is 32.1. The molecule has 0 aromatic heterocycles. The molecule has 2 fully saturated rings. The number of rotatable bonds is 11. The van der Waals surface area contributed by atoms with E-state index in [1.807, 2.05) is 0 Å². The molecule has 2 aromatic rings. The molecular formula is C40H46FN5O3. The third-order valence-corrected chi connectivity index (χ3v) is 10.4. The highest BCUT2D eigenvalue weighted by Crippen LogP contribution is 2.42. The Morgan fingerprint density at radius 1 is 0.898 bits per heavy atom. The lowest BCUT2D eigenvalue weighted by atomic mass is 10.0. The second-order valence-corrected chi connectivity index (χ2v) is 13.5. The fourth-order valence-electron chi connectivity index (χ4n) is 7.70. The average molecular weight is 664 g/mol. The zero-order valence-electron chi connectivity index (χ0n) is 28.3.